The van der Waals surface area contributed by atoms with Crippen LogP contribution in [0.25, 0.3) is 5.78 Å². The normalized spacial score (nSPS) is 14.5. The summed E-state index contributed by atoms with van der Waals surface area (Å²) in [5, 5.41) is 8.85. The Bertz CT molecular complexity index is 996. The average molecular weight is 401 g/mol. The summed E-state index contributed by atoms with van der Waals surface area (Å²) in [6.07, 6.45) is 0. The van der Waals surface area contributed by atoms with Gasteiger partial charge in [-0.25, -0.2) is 0 Å². The van der Waals surface area contributed by atoms with E-state index in [-0.39, 0.29) is 12.5 Å². The third-order valence-electron chi connectivity index (χ3n) is 4.85. The number of ether oxygens (including phenoxy) is 1. The lowest BCUT2D eigenvalue weighted by Crippen LogP contribution is -2.50. The number of hydrogen-bond acceptors (Lipinski definition) is 6. The van der Waals surface area contributed by atoms with Crippen LogP contribution >= 0.6 is 11.6 Å². The fourth-order valence-corrected chi connectivity index (χ4v) is 3.46. The van der Waals surface area contributed by atoms with Gasteiger partial charge in [0.15, 0.2) is 6.61 Å². The Morgan fingerprint density at radius 3 is 2.54 bits per heavy atom. The second-order valence-corrected chi connectivity index (χ2v) is 7.19. The van der Waals surface area contributed by atoms with Crippen molar-refractivity contribution in [1.82, 2.24) is 24.5 Å². The highest BCUT2D eigenvalue weighted by atomic mass is 35.5. The van der Waals surface area contributed by atoms with Gasteiger partial charge in [-0.15, -0.1) is 10.2 Å². The molecule has 0 aliphatic carbocycles. The standard InChI is InChI=1S/C19H21ClN6O2/c1-13-11-17(21-19-23-22-14(2)26(13)19)24-7-9-25(10-8-24)18(27)12-28-16-5-3-15(20)4-6-16/h3-6,11H,7-10,12H2,1-2H3. The highest BCUT2D eigenvalue weighted by molar-refractivity contribution is 6.30. The summed E-state index contributed by atoms with van der Waals surface area (Å²) in [5.74, 6) is 2.89. The Kier molecular flexibility index (Phi) is 5.04. The number of piperazine rings is 1. The molecule has 0 N–H and O–H groups in total. The molecular formula is C19H21ClN6O2. The molecule has 146 valence electrons. The van der Waals surface area contributed by atoms with E-state index in [0.717, 1.165) is 17.3 Å². The number of fused-ring (bicyclic) bond motifs is 1. The molecular weight excluding hydrogens is 380 g/mol. The van der Waals surface area contributed by atoms with Crippen molar-refractivity contribution in [1.29, 1.82) is 0 Å². The number of hydrogen-bond donors (Lipinski definition) is 0. The number of halogens is 1. The molecule has 1 saturated heterocycles. The molecule has 3 aromatic rings. The van der Waals surface area contributed by atoms with Gasteiger partial charge in [-0.1, -0.05) is 11.6 Å². The van der Waals surface area contributed by atoms with Crippen molar-refractivity contribution in [3.63, 3.8) is 0 Å². The molecule has 0 unspecified atom stereocenters. The molecule has 1 amide bonds. The van der Waals surface area contributed by atoms with E-state index < -0.39 is 0 Å². The SMILES string of the molecule is Cc1cc(N2CCN(C(=O)COc3ccc(Cl)cc3)CC2)nc2nnc(C)n12. The van der Waals surface area contributed by atoms with Crippen LogP contribution in [0.4, 0.5) is 5.82 Å². The van der Waals surface area contributed by atoms with Crippen LogP contribution in [0.15, 0.2) is 30.3 Å². The van der Waals surface area contributed by atoms with Crippen molar-refractivity contribution in [2.75, 3.05) is 37.7 Å². The van der Waals surface area contributed by atoms with Crippen molar-refractivity contribution in [2.24, 2.45) is 0 Å². The quantitative estimate of drug-likeness (QED) is 0.667. The van der Waals surface area contributed by atoms with Crippen LogP contribution in [0.2, 0.25) is 5.02 Å². The van der Waals surface area contributed by atoms with Gasteiger partial charge in [-0.05, 0) is 38.1 Å². The first-order valence-corrected chi connectivity index (χ1v) is 9.49. The number of amides is 1. The van der Waals surface area contributed by atoms with Crippen molar-refractivity contribution in [3.05, 3.63) is 46.9 Å². The van der Waals surface area contributed by atoms with Crippen LogP contribution < -0.4 is 9.64 Å². The van der Waals surface area contributed by atoms with Crippen LogP contribution in [0.3, 0.4) is 0 Å². The Labute approximate surface area is 167 Å². The van der Waals surface area contributed by atoms with E-state index in [1.54, 1.807) is 24.3 Å². The molecule has 1 aromatic carbocycles. The van der Waals surface area contributed by atoms with Crippen molar-refractivity contribution >= 4 is 29.1 Å². The smallest absolute Gasteiger partial charge is 0.260 e. The Balaban J connectivity index is 1.35. The largest absolute Gasteiger partial charge is 0.484 e. The molecule has 0 bridgehead atoms. The third-order valence-corrected chi connectivity index (χ3v) is 5.10. The summed E-state index contributed by atoms with van der Waals surface area (Å²) in [6, 6.07) is 9.02. The molecule has 28 heavy (non-hydrogen) atoms. The van der Waals surface area contributed by atoms with E-state index in [9.17, 15) is 4.79 Å². The number of benzene rings is 1. The van der Waals surface area contributed by atoms with E-state index >= 15 is 0 Å². The molecule has 1 aliphatic heterocycles. The van der Waals surface area contributed by atoms with Crippen molar-refractivity contribution in [3.8, 4) is 5.75 Å². The number of carbonyl (C=O) groups is 1. The minimum absolute atomic E-state index is 0.0178. The van der Waals surface area contributed by atoms with Gasteiger partial charge in [0.25, 0.3) is 11.7 Å². The van der Waals surface area contributed by atoms with Gasteiger partial charge < -0.3 is 14.5 Å². The summed E-state index contributed by atoms with van der Waals surface area (Å²) in [6.45, 7) is 6.61. The molecule has 1 aliphatic rings. The summed E-state index contributed by atoms with van der Waals surface area (Å²) >= 11 is 5.85. The number of aromatic nitrogens is 4. The Hall–Kier alpha value is -2.87. The zero-order valence-corrected chi connectivity index (χ0v) is 16.6. The molecule has 1 fully saturated rings. The van der Waals surface area contributed by atoms with Crippen LogP contribution in [0.5, 0.6) is 5.75 Å². The predicted molar refractivity (Wildman–Crippen MR) is 106 cm³/mol. The van der Waals surface area contributed by atoms with Gasteiger partial charge >= 0.3 is 0 Å². The zero-order valence-electron chi connectivity index (χ0n) is 15.8. The third kappa shape index (κ3) is 3.73. The van der Waals surface area contributed by atoms with Crippen LogP contribution in [-0.4, -0.2) is 63.2 Å². The molecule has 0 radical (unpaired) electrons. The van der Waals surface area contributed by atoms with Gasteiger partial charge in [-0.2, -0.15) is 4.98 Å². The second kappa shape index (κ2) is 7.63. The topological polar surface area (TPSA) is 75.9 Å². The molecule has 3 heterocycles. The first-order valence-electron chi connectivity index (χ1n) is 9.12. The number of anilines is 1. The predicted octanol–water partition coefficient (Wildman–Crippen LogP) is 2.12. The Morgan fingerprint density at radius 2 is 1.82 bits per heavy atom. The molecule has 4 rings (SSSR count). The summed E-state index contributed by atoms with van der Waals surface area (Å²) < 4.78 is 7.49. The first-order chi connectivity index (χ1) is 13.5. The van der Waals surface area contributed by atoms with E-state index in [0.29, 0.717) is 42.7 Å². The Morgan fingerprint density at radius 1 is 1.11 bits per heavy atom. The summed E-state index contributed by atoms with van der Waals surface area (Å²) in [7, 11) is 0. The maximum atomic E-state index is 12.4. The lowest BCUT2D eigenvalue weighted by atomic mass is 10.3. The number of aryl methyl sites for hydroxylation is 2. The fourth-order valence-electron chi connectivity index (χ4n) is 3.34. The van der Waals surface area contributed by atoms with Crippen LogP contribution in [-0.2, 0) is 4.79 Å². The van der Waals surface area contributed by atoms with Gasteiger partial charge in [0.1, 0.15) is 17.4 Å². The maximum Gasteiger partial charge on any atom is 0.260 e. The highest BCUT2D eigenvalue weighted by Crippen LogP contribution is 2.18. The maximum absolute atomic E-state index is 12.4. The average Bonchev–Trinajstić information content (AvgIpc) is 3.09. The summed E-state index contributed by atoms with van der Waals surface area (Å²) in [5.41, 5.74) is 1.04. The van der Waals surface area contributed by atoms with E-state index in [1.165, 1.54) is 0 Å². The minimum Gasteiger partial charge on any atom is -0.484 e. The number of rotatable bonds is 4. The van der Waals surface area contributed by atoms with Crippen LogP contribution in [0.1, 0.15) is 11.5 Å². The number of nitrogens with zero attached hydrogens (tertiary/aromatic N) is 6. The molecule has 9 heteroatoms. The summed E-state index contributed by atoms with van der Waals surface area (Å²) in [4.78, 5) is 21.0. The second-order valence-electron chi connectivity index (χ2n) is 6.75. The molecule has 8 nitrogen and oxygen atoms in total. The fraction of sp³-hybridized carbons (Fsp3) is 0.368. The highest BCUT2D eigenvalue weighted by Gasteiger charge is 2.23. The lowest BCUT2D eigenvalue weighted by Gasteiger charge is -2.35. The monoisotopic (exact) mass is 400 g/mol. The first kappa shape index (κ1) is 18.5. The van der Waals surface area contributed by atoms with E-state index in [4.69, 9.17) is 16.3 Å². The van der Waals surface area contributed by atoms with E-state index in [2.05, 4.69) is 20.1 Å². The van der Waals surface area contributed by atoms with Gasteiger partial charge in [0.2, 0.25) is 0 Å². The van der Waals surface area contributed by atoms with Crippen molar-refractivity contribution in [2.45, 2.75) is 13.8 Å². The molecule has 0 saturated carbocycles. The van der Waals surface area contributed by atoms with Crippen LogP contribution in [0, 0.1) is 13.8 Å². The van der Waals surface area contributed by atoms with Gasteiger partial charge in [0, 0.05) is 43.0 Å². The lowest BCUT2D eigenvalue weighted by molar-refractivity contribution is -0.133. The number of carbonyl (C=O) groups excluding carboxylic acids is 1. The minimum atomic E-state index is -0.0257. The van der Waals surface area contributed by atoms with Gasteiger partial charge in [-0.3, -0.25) is 9.20 Å². The molecule has 0 spiro atoms. The van der Waals surface area contributed by atoms with E-state index in [1.807, 2.05) is 29.2 Å². The molecule has 0 atom stereocenters. The molecule has 2 aromatic heterocycles. The van der Waals surface area contributed by atoms with Gasteiger partial charge in [0.05, 0.1) is 0 Å². The van der Waals surface area contributed by atoms with Crippen molar-refractivity contribution < 1.29 is 9.53 Å². The zero-order chi connectivity index (χ0) is 19.7.